The van der Waals surface area contributed by atoms with Crippen LogP contribution >= 0.6 is 0 Å². The van der Waals surface area contributed by atoms with Crippen LogP contribution in [-0.2, 0) is 16.6 Å². The number of fused-ring (bicyclic) bond motifs is 1. The van der Waals surface area contributed by atoms with Crippen LogP contribution in [0.3, 0.4) is 0 Å². The van der Waals surface area contributed by atoms with Gasteiger partial charge in [0.05, 0.1) is 5.70 Å². The first-order valence-corrected chi connectivity index (χ1v) is 8.09. The molecule has 1 aliphatic heterocycles. The van der Waals surface area contributed by atoms with Crippen molar-refractivity contribution in [2.24, 2.45) is 0 Å². The molecule has 3 rings (SSSR count). The third-order valence-corrected chi connectivity index (χ3v) is 4.19. The van der Waals surface area contributed by atoms with E-state index in [1.165, 1.54) is 11.6 Å². The van der Waals surface area contributed by atoms with Crippen LogP contribution in [0.5, 0.6) is 0 Å². The summed E-state index contributed by atoms with van der Waals surface area (Å²) in [7, 11) is 0. The van der Waals surface area contributed by atoms with Gasteiger partial charge in [-0.3, -0.25) is 9.59 Å². The Bertz CT molecular complexity index is 827. The van der Waals surface area contributed by atoms with Crippen molar-refractivity contribution < 1.29 is 9.59 Å². The summed E-state index contributed by atoms with van der Waals surface area (Å²) in [5.74, 6) is -0.233. The number of carbonyl (C=O) groups excluding carboxylic acids is 2. The molecule has 2 aromatic rings. The number of rotatable bonds is 2. The van der Waals surface area contributed by atoms with E-state index < -0.39 is 0 Å². The van der Waals surface area contributed by atoms with Crippen LogP contribution < -0.4 is 5.32 Å². The summed E-state index contributed by atoms with van der Waals surface area (Å²) in [6.45, 7) is 6.43. The number of nitrogens with one attached hydrogen (secondary N) is 1. The van der Waals surface area contributed by atoms with Gasteiger partial charge in [-0.2, -0.15) is 0 Å². The van der Waals surface area contributed by atoms with Crippen molar-refractivity contribution >= 4 is 17.3 Å². The van der Waals surface area contributed by atoms with E-state index in [0.717, 1.165) is 11.3 Å². The molecule has 0 aromatic heterocycles. The molecule has 2 aromatic carbocycles. The second kappa shape index (κ2) is 6.08. The predicted molar refractivity (Wildman–Crippen MR) is 96.3 cm³/mol. The number of allylic oxidation sites excluding steroid dienone is 2. The summed E-state index contributed by atoms with van der Waals surface area (Å²) < 4.78 is 0. The van der Waals surface area contributed by atoms with Crippen molar-refractivity contribution in [3.63, 3.8) is 0 Å². The van der Waals surface area contributed by atoms with Gasteiger partial charge in [-0.05, 0) is 22.6 Å². The molecule has 0 bridgehead atoms. The van der Waals surface area contributed by atoms with Gasteiger partial charge in [-0.25, -0.2) is 0 Å². The second-order valence-electron chi connectivity index (χ2n) is 7.14. The SMILES string of the molecule is CC(C)(C)c1ccc2c(c1)CC(=O)C=C(C(=O)c1ccccc1)N2. The highest BCUT2D eigenvalue weighted by Gasteiger charge is 2.22. The zero-order valence-corrected chi connectivity index (χ0v) is 14.2. The normalized spacial score (nSPS) is 14.3. The van der Waals surface area contributed by atoms with Crippen LogP contribution in [0.1, 0.15) is 42.3 Å². The fourth-order valence-electron chi connectivity index (χ4n) is 2.78. The lowest BCUT2D eigenvalue weighted by Crippen LogP contribution is -2.14. The van der Waals surface area contributed by atoms with Crippen LogP contribution in [0.15, 0.2) is 60.3 Å². The molecule has 1 heterocycles. The first-order chi connectivity index (χ1) is 11.3. The number of carbonyl (C=O) groups is 2. The summed E-state index contributed by atoms with van der Waals surface area (Å²) in [5.41, 5.74) is 3.84. The smallest absolute Gasteiger partial charge is 0.209 e. The molecule has 0 radical (unpaired) electrons. The van der Waals surface area contributed by atoms with Crippen LogP contribution in [0, 0.1) is 0 Å². The molecule has 0 saturated heterocycles. The maximum Gasteiger partial charge on any atom is 0.209 e. The predicted octanol–water partition coefficient (Wildman–Crippen LogP) is 4.29. The molecule has 0 atom stereocenters. The molecule has 0 amide bonds. The van der Waals surface area contributed by atoms with E-state index in [-0.39, 0.29) is 17.0 Å². The number of Topliss-reactive ketones (excluding diaryl/α,β-unsaturated/α-hetero) is 1. The monoisotopic (exact) mass is 319 g/mol. The Kier molecular flexibility index (Phi) is 4.10. The molecule has 122 valence electrons. The van der Waals surface area contributed by atoms with Gasteiger partial charge in [-0.15, -0.1) is 0 Å². The molecule has 24 heavy (non-hydrogen) atoms. The molecule has 1 N–H and O–H groups in total. The third kappa shape index (κ3) is 3.30. The van der Waals surface area contributed by atoms with E-state index in [1.807, 2.05) is 30.3 Å². The Morgan fingerprint density at radius 1 is 1.04 bits per heavy atom. The highest BCUT2D eigenvalue weighted by atomic mass is 16.1. The summed E-state index contributed by atoms with van der Waals surface area (Å²) in [6, 6.07) is 15.1. The van der Waals surface area contributed by atoms with E-state index in [9.17, 15) is 9.59 Å². The quantitative estimate of drug-likeness (QED) is 0.840. The van der Waals surface area contributed by atoms with E-state index in [0.29, 0.717) is 17.7 Å². The van der Waals surface area contributed by atoms with Crippen molar-refractivity contribution in [3.05, 3.63) is 77.0 Å². The van der Waals surface area contributed by atoms with Gasteiger partial charge in [-0.1, -0.05) is 63.2 Å². The Balaban J connectivity index is 1.96. The van der Waals surface area contributed by atoms with Crippen molar-refractivity contribution in [2.45, 2.75) is 32.6 Å². The summed E-state index contributed by atoms with van der Waals surface area (Å²) in [6.07, 6.45) is 1.73. The largest absolute Gasteiger partial charge is 0.352 e. The fraction of sp³-hybridized carbons (Fsp3) is 0.238. The molecule has 0 spiro atoms. The van der Waals surface area contributed by atoms with Crippen molar-refractivity contribution in [3.8, 4) is 0 Å². The van der Waals surface area contributed by atoms with Gasteiger partial charge in [0, 0.05) is 23.7 Å². The summed E-state index contributed by atoms with van der Waals surface area (Å²) in [5, 5.41) is 3.16. The Labute approximate surface area is 142 Å². The van der Waals surface area contributed by atoms with Crippen molar-refractivity contribution in [1.29, 1.82) is 0 Å². The van der Waals surface area contributed by atoms with Gasteiger partial charge in [0.15, 0.2) is 5.78 Å². The minimum Gasteiger partial charge on any atom is -0.352 e. The van der Waals surface area contributed by atoms with Gasteiger partial charge in [0.2, 0.25) is 5.78 Å². The van der Waals surface area contributed by atoms with E-state index in [2.05, 4.69) is 32.2 Å². The average Bonchev–Trinajstić information content (AvgIpc) is 2.71. The van der Waals surface area contributed by atoms with Crippen molar-refractivity contribution in [2.75, 3.05) is 5.32 Å². The minimum absolute atomic E-state index is 0.0144. The lowest BCUT2D eigenvalue weighted by molar-refractivity contribution is -0.114. The number of hydrogen-bond acceptors (Lipinski definition) is 3. The number of benzene rings is 2. The summed E-state index contributed by atoms with van der Waals surface area (Å²) >= 11 is 0. The molecular weight excluding hydrogens is 298 g/mol. The number of hydrogen-bond donors (Lipinski definition) is 1. The number of ketones is 2. The Morgan fingerprint density at radius 3 is 2.42 bits per heavy atom. The van der Waals surface area contributed by atoms with Gasteiger partial charge >= 0.3 is 0 Å². The van der Waals surface area contributed by atoms with Gasteiger partial charge < -0.3 is 5.32 Å². The van der Waals surface area contributed by atoms with Crippen LogP contribution in [0.25, 0.3) is 0 Å². The zero-order valence-electron chi connectivity index (χ0n) is 14.2. The third-order valence-electron chi connectivity index (χ3n) is 4.19. The first-order valence-electron chi connectivity index (χ1n) is 8.09. The average molecular weight is 319 g/mol. The first kappa shape index (κ1) is 16.2. The maximum absolute atomic E-state index is 12.7. The summed E-state index contributed by atoms with van der Waals surface area (Å²) in [4.78, 5) is 24.9. The molecule has 3 nitrogen and oxygen atoms in total. The van der Waals surface area contributed by atoms with E-state index in [1.54, 1.807) is 12.1 Å². The minimum atomic E-state index is -0.170. The van der Waals surface area contributed by atoms with Gasteiger partial charge in [0.1, 0.15) is 0 Å². The topological polar surface area (TPSA) is 46.2 Å². The highest BCUT2D eigenvalue weighted by Crippen LogP contribution is 2.29. The molecule has 0 aliphatic carbocycles. The fourth-order valence-corrected chi connectivity index (χ4v) is 2.78. The van der Waals surface area contributed by atoms with E-state index in [4.69, 9.17) is 0 Å². The number of anilines is 1. The molecule has 1 aliphatic rings. The highest BCUT2D eigenvalue weighted by molar-refractivity contribution is 6.14. The Hall–Kier alpha value is -2.68. The molecule has 0 unspecified atom stereocenters. The van der Waals surface area contributed by atoms with Crippen LogP contribution in [0.4, 0.5) is 5.69 Å². The molecule has 3 heteroatoms. The van der Waals surface area contributed by atoms with E-state index >= 15 is 0 Å². The molecule has 0 saturated carbocycles. The van der Waals surface area contributed by atoms with Crippen LogP contribution in [0.2, 0.25) is 0 Å². The standard InChI is InChI=1S/C21H21NO2/c1-21(2,3)16-9-10-18-15(11-16)12-17(23)13-19(22-18)20(24)14-7-5-4-6-8-14/h4-11,13,22H,12H2,1-3H3. The van der Waals surface area contributed by atoms with Crippen LogP contribution in [-0.4, -0.2) is 11.6 Å². The second-order valence-corrected chi connectivity index (χ2v) is 7.14. The maximum atomic E-state index is 12.7. The lowest BCUT2D eigenvalue weighted by Gasteiger charge is -2.21. The van der Waals surface area contributed by atoms with Gasteiger partial charge in [0.25, 0.3) is 0 Å². The Morgan fingerprint density at radius 2 is 1.75 bits per heavy atom. The molecule has 0 fully saturated rings. The molecular formula is C21H21NO2. The van der Waals surface area contributed by atoms with Crippen molar-refractivity contribution in [1.82, 2.24) is 0 Å². The zero-order chi connectivity index (χ0) is 17.3. The lowest BCUT2D eigenvalue weighted by atomic mass is 9.85.